The molecule has 2 aromatic carbocycles. The van der Waals surface area contributed by atoms with Gasteiger partial charge < -0.3 is 10.6 Å². The Hall–Kier alpha value is -2.34. The van der Waals surface area contributed by atoms with Crippen molar-refractivity contribution in [2.24, 2.45) is 0 Å². The molecule has 1 amide bonds. The molecular weight excluding hydrogens is 281 g/mol. The van der Waals surface area contributed by atoms with Crippen LogP contribution in [0.3, 0.4) is 0 Å². The van der Waals surface area contributed by atoms with Crippen LogP contribution in [-0.2, 0) is 11.3 Å². The van der Waals surface area contributed by atoms with Crippen LogP contribution in [-0.4, -0.2) is 12.5 Å². The second-order valence-corrected chi connectivity index (χ2v) is 4.39. The quantitative estimate of drug-likeness (QED) is 0.890. The van der Waals surface area contributed by atoms with Crippen LogP contribution >= 0.6 is 0 Å². The van der Waals surface area contributed by atoms with Crippen LogP contribution in [0.25, 0.3) is 0 Å². The van der Waals surface area contributed by atoms with E-state index in [1.54, 1.807) is 0 Å². The van der Waals surface area contributed by atoms with Crippen molar-refractivity contribution in [1.29, 1.82) is 0 Å². The maximum Gasteiger partial charge on any atom is 0.238 e. The molecule has 2 N–H and O–H groups in total. The molecule has 0 aliphatic carbocycles. The predicted octanol–water partition coefficient (Wildman–Crippen LogP) is 2.83. The fourth-order valence-corrected chi connectivity index (χ4v) is 1.71. The van der Waals surface area contributed by atoms with Gasteiger partial charge in [-0.3, -0.25) is 4.79 Å². The minimum atomic E-state index is -0.665. The van der Waals surface area contributed by atoms with Gasteiger partial charge in [0.1, 0.15) is 17.5 Å². The molecule has 0 heterocycles. The Kier molecular flexibility index (Phi) is 4.94. The third kappa shape index (κ3) is 4.61. The van der Waals surface area contributed by atoms with E-state index in [0.29, 0.717) is 5.69 Å². The lowest BCUT2D eigenvalue weighted by Crippen LogP contribution is -2.28. The number of hydrogen-bond acceptors (Lipinski definition) is 2. The third-order valence-corrected chi connectivity index (χ3v) is 2.74. The number of hydrogen-bond donors (Lipinski definition) is 2. The molecule has 0 aliphatic heterocycles. The zero-order valence-corrected chi connectivity index (χ0v) is 11.0. The highest BCUT2D eigenvalue weighted by atomic mass is 19.1. The minimum Gasteiger partial charge on any atom is -0.325 e. The summed E-state index contributed by atoms with van der Waals surface area (Å²) in [7, 11) is 0. The summed E-state index contributed by atoms with van der Waals surface area (Å²) < 4.78 is 38.8. The largest absolute Gasteiger partial charge is 0.325 e. The number of halogens is 3. The SMILES string of the molecule is O=C(CNCc1ccc(F)cc1F)Nc1ccc(F)cc1. The fourth-order valence-electron chi connectivity index (χ4n) is 1.71. The maximum atomic E-state index is 13.3. The molecule has 0 aromatic heterocycles. The average Bonchev–Trinajstić information content (AvgIpc) is 2.44. The van der Waals surface area contributed by atoms with Gasteiger partial charge in [-0.25, -0.2) is 13.2 Å². The summed E-state index contributed by atoms with van der Waals surface area (Å²) >= 11 is 0. The van der Waals surface area contributed by atoms with Crippen molar-refractivity contribution in [1.82, 2.24) is 5.32 Å². The Bertz CT molecular complexity index is 629. The van der Waals surface area contributed by atoms with Crippen LogP contribution in [0, 0.1) is 17.5 Å². The fraction of sp³-hybridized carbons (Fsp3) is 0.133. The summed E-state index contributed by atoms with van der Waals surface area (Å²) in [5.74, 6) is -2.05. The molecular formula is C15H13F3N2O. The standard InChI is InChI=1S/C15H13F3N2O/c16-11-3-5-13(6-4-11)20-15(21)9-19-8-10-1-2-12(17)7-14(10)18/h1-7,19H,8-9H2,(H,20,21). The average molecular weight is 294 g/mol. The van der Waals surface area contributed by atoms with Gasteiger partial charge in [-0.15, -0.1) is 0 Å². The van der Waals surface area contributed by atoms with Gasteiger partial charge in [0.2, 0.25) is 5.91 Å². The zero-order valence-electron chi connectivity index (χ0n) is 11.0. The van der Waals surface area contributed by atoms with Gasteiger partial charge in [-0.1, -0.05) is 6.07 Å². The van der Waals surface area contributed by atoms with Gasteiger partial charge in [0.25, 0.3) is 0 Å². The summed E-state index contributed by atoms with van der Waals surface area (Å²) in [6.07, 6.45) is 0. The first-order valence-corrected chi connectivity index (χ1v) is 6.24. The molecule has 21 heavy (non-hydrogen) atoms. The Labute approximate surface area is 119 Å². The van der Waals surface area contributed by atoms with Gasteiger partial charge in [0, 0.05) is 23.9 Å². The molecule has 2 rings (SSSR count). The number of anilines is 1. The van der Waals surface area contributed by atoms with Crippen LogP contribution in [0.2, 0.25) is 0 Å². The summed E-state index contributed by atoms with van der Waals surface area (Å²) in [4.78, 5) is 11.6. The third-order valence-electron chi connectivity index (χ3n) is 2.74. The topological polar surface area (TPSA) is 41.1 Å². The Morgan fingerprint density at radius 2 is 1.62 bits per heavy atom. The molecule has 0 fully saturated rings. The number of rotatable bonds is 5. The number of carbonyl (C=O) groups excluding carboxylic acids is 1. The van der Waals surface area contributed by atoms with E-state index in [0.717, 1.165) is 12.1 Å². The molecule has 0 bridgehead atoms. The highest BCUT2D eigenvalue weighted by molar-refractivity contribution is 5.92. The van der Waals surface area contributed by atoms with Crippen molar-refractivity contribution in [3.8, 4) is 0 Å². The van der Waals surface area contributed by atoms with E-state index in [9.17, 15) is 18.0 Å². The van der Waals surface area contributed by atoms with Gasteiger partial charge in [-0.2, -0.15) is 0 Å². The Morgan fingerprint density at radius 3 is 2.29 bits per heavy atom. The smallest absolute Gasteiger partial charge is 0.238 e. The maximum absolute atomic E-state index is 13.3. The van der Waals surface area contributed by atoms with Crippen molar-refractivity contribution in [2.75, 3.05) is 11.9 Å². The molecule has 0 radical (unpaired) electrons. The molecule has 0 saturated heterocycles. The van der Waals surface area contributed by atoms with Gasteiger partial charge in [-0.05, 0) is 30.3 Å². The van der Waals surface area contributed by atoms with Gasteiger partial charge >= 0.3 is 0 Å². The first kappa shape index (κ1) is 15.1. The molecule has 0 saturated carbocycles. The van der Waals surface area contributed by atoms with Crippen LogP contribution < -0.4 is 10.6 Å². The van der Waals surface area contributed by atoms with Gasteiger partial charge in [0.15, 0.2) is 0 Å². The first-order chi connectivity index (χ1) is 10.0. The molecule has 0 spiro atoms. The molecule has 110 valence electrons. The molecule has 0 atom stereocenters. The summed E-state index contributed by atoms with van der Waals surface area (Å²) in [6.45, 7) is 0.0527. The number of nitrogens with one attached hydrogen (secondary N) is 2. The zero-order chi connectivity index (χ0) is 15.2. The highest BCUT2D eigenvalue weighted by Gasteiger charge is 2.05. The summed E-state index contributed by atoms with van der Waals surface area (Å²) in [5.41, 5.74) is 0.738. The van der Waals surface area contributed by atoms with Crippen LogP contribution in [0.4, 0.5) is 18.9 Å². The van der Waals surface area contributed by atoms with E-state index in [4.69, 9.17) is 0 Å². The van der Waals surface area contributed by atoms with Crippen molar-refractivity contribution in [3.05, 3.63) is 65.5 Å². The molecule has 3 nitrogen and oxygen atoms in total. The minimum absolute atomic E-state index is 0.0474. The normalized spacial score (nSPS) is 10.4. The van der Waals surface area contributed by atoms with Crippen LogP contribution in [0.1, 0.15) is 5.56 Å². The van der Waals surface area contributed by atoms with E-state index in [1.165, 1.54) is 30.3 Å². The van der Waals surface area contributed by atoms with Crippen LogP contribution in [0.5, 0.6) is 0 Å². The Morgan fingerprint density at radius 1 is 0.952 bits per heavy atom. The second-order valence-electron chi connectivity index (χ2n) is 4.39. The molecule has 0 unspecified atom stereocenters. The van der Waals surface area contributed by atoms with E-state index in [-0.39, 0.29) is 24.6 Å². The number of amides is 1. The molecule has 0 aliphatic rings. The van der Waals surface area contributed by atoms with Crippen molar-refractivity contribution < 1.29 is 18.0 Å². The lowest BCUT2D eigenvalue weighted by Gasteiger charge is -2.07. The number of benzene rings is 2. The van der Waals surface area contributed by atoms with Crippen LogP contribution in [0.15, 0.2) is 42.5 Å². The summed E-state index contributed by atoms with van der Waals surface area (Å²) in [5, 5.41) is 5.30. The lowest BCUT2D eigenvalue weighted by molar-refractivity contribution is -0.115. The summed E-state index contributed by atoms with van der Waals surface area (Å²) in [6, 6.07) is 8.59. The van der Waals surface area contributed by atoms with Crippen molar-refractivity contribution in [2.45, 2.75) is 6.54 Å². The number of carbonyl (C=O) groups is 1. The van der Waals surface area contributed by atoms with E-state index in [1.807, 2.05) is 0 Å². The monoisotopic (exact) mass is 294 g/mol. The molecule has 6 heteroatoms. The van der Waals surface area contributed by atoms with Gasteiger partial charge in [0.05, 0.1) is 6.54 Å². The van der Waals surface area contributed by atoms with E-state index < -0.39 is 17.5 Å². The lowest BCUT2D eigenvalue weighted by atomic mass is 10.2. The highest BCUT2D eigenvalue weighted by Crippen LogP contribution is 2.09. The van der Waals surface area contributed by atoms with E-state index in [2.05, 4.69) is 10.6 Å². The molecule has 2 aromatic rings. The van der Waals surface area contributed by atoms with Crippen molar-refractivity contribution >= 4 is 11.6 Å². The second kappa shape index (κ2) is 6.90. The first-order valence-electron chi connectivity index (χ1n) is 6.24. The van der Waals surface area contributed by atoms with Crippen molar-refractivity contribution in [3.63, 3.8) is 0 Å². The predicted molar refractivity (Wildman–Crippen MR) is 73.1 cm³/mol. The van der Waals surface area contributed by atoms with E-state index >= 15 is 0 Å². The Balaban J connectivity index is 1.80.